The van der Waals surface area contributed by atoms with Gasteiger partial charge in [-0.2, -0.15) is 4.98 Å². The normalized spacial score (nSPS) is 9.09. The van der Waals surface area contributed by atoms with E-state index in [-0.39, 0.29) is 11.5 Å². The molecule has 0 amide bonds. The minimum Gasteiger partial charge on any atom is -0.295 e. The van der Waals surface area contributed by atoms with Gasteiger partial charge in [-0.15, -0.1) is 0 Å². The molecule has 0 aliphatic carbocycles. The van der Waals surface area contributed by atoms with Crippen LogP contribution in [-0.4, -0.2) is 15.3 Å². The lowest BCUT2D eigenvalue weighted by atomic mass is 9.96. The monoisotopic (exact) mass is 474 g/mol. The Morgan fingerprint density at radius 1 is 0.714 bits per heavy atom. The average molecular weight is 475 g/mol. The number of hydrogen-bond acceptors (Lipinski definition) is 3. The zero-order valence-corrected chi connectivity index (χ0v) is 23.1. The van der Waals surface area contributed by atoms with Gasteiger partial charge in [0, 0.05) is 29.1 Å². The third-order valence-electron chi connectivity index (χ3n) is 4.73. The van der Waals surface area contributed by atoms with Crippen molar-refractivity contribution in [1.82, 2.24) is 9.55 Å². The van der Waals surface area contributed by atoms with Crippen LogP contribution in [0.1, 0.15) is 76.9 Å². The van der Waals surface area contributed by atoms with E-state index in [1.807, 2.05) is 123 Å². The van der Waals surface area contributed by atoms with Crippen LogP contribution in [0.2, 0.25) is 0 Å². The van der Waals surface area contributed by atoms with Crippen LogP contribution in [0.3, 0.4) is 0 Å². The summed E-state index contributed by atoms with van der Waals surface area (Å²) in [6, 6.07) is 22.4. The third kappa shape index (κ3) is 7.74. The van der Waals surface area contributed by atoms with Crippen LogP contribution < -0.4 is 5.69 Å². The van der Waals surface area contributed by atoms with E-state index in [0.29, 0.717) is 16.8 Å². The molecule has 3 aromatic carbocycles. The maximum absolute atomic E-state index is 13.0. The first-order chi connectivity index (χ1) is 17.1. The Hall–Kier alpha value is -3.53. The number of ketones is 1. The van der Waals surface area contributed by atoms with Gasteiger partial charge in [0.1, 0.15) is 0 Å². The summed E-state index contributed by atoms with van der Waals surface area (Å²) in [7, 11) is 1.71. The number of nitrogens with zero attached hydrogens (tertiary/aromatic N) is 2. The van der Waals surface area contributed by atoms with Crippen molar-refractivity contribution in [1.29, 1.82) is 0 Å². The molecule has 0 aliphatic rings. The largest absolute Gasteiger partial charge is 0.348 e. The maximum atomic E-state index is 13.0. The number of hydrogen-bond donors (Lipinski definition) is 0. The molecule has 1 aromatic heterocycles. The van der Waals surface area contributed by atoms with Gasteiger partial charge in [0.15, 0.2) is 5.78 Å². The second kappa shape index (κ2) is 17.0. The average Bonchev–Trinajstić information content (AvgIpc) is 2.95. The SMILES string of the molecule is CC.CC.CC.CC.Cc1cc(C(=O)c2ccccc2)cc2c(-c3ccccc3)nc(=O)n(C)c12. The van der Waals surface area contributed by atoms with Gasteiger partial charge in [0.2, 0.25) is 0 Å². The topological polar surface area (TPSA) is 52.0 Å². The summed E-state index contributed by atoms with van der Waals surface area (Å²) in [6.07, 6.45) is 0. The fraction of sp³-hybridized carbons (Fsp3) is 0.323. The highest BCUT2D eigenvalue weighted by molar-refractivity contribution is 6.11. The van der Waals surface area contributed by atoms with Crippen LogP contribution in [0, 0.1) is 6.92 Å². The van der Waals surface area contributed by atoms with Gasteiger partial charge in [-0.1, -0.05) is 116 Å². The van der Waals surface area contributed by atoms with Crippen molar-refractivity contribution in [2.45, 2.75) is 62.3 Å². The molecule has 0 spiro atoms. The first-order valence-corrected chi connectivity index (χ1v) is 12.7. The van der Waals surface area contributed by atoms with Crippen molar-refractivity contribution in [3.05, 3.63) is 100.0 Å². The number of aryl methyl sites for hydroxylation is 2. The van der Waals surface area contributed by atoms with Crippen LogP contribution in [0.5, 0.6) is 0 Å². The van der Waals surface area contributed by atoms with Gasteiger partial charge >= 0.3 is 5.69 Å². The fourth-order valence-electron chi connectivity index (χ4n) is 3.44. The van der Waals surface area contributed by atoms with Crippen molar-refractivity contribution in [2.75, 3.05) is 0 Å². The van der Waals surface area contributed by atoms with Crippen LogP contribution in [-0.2, 0) is 7.05 Å². The van der Waals surface area contributed by atoms with Gasteiger partial charge < -0.3 is 0 Å². The van der Waals surface area contributed by atoms with Crippen molar-refractivity contribution >= 4 is 16.7 Å². The van der Waals surface area contributed by atoms with Gasteiger partial charge in [-0.25, -0.2) is 4.79 Å². The van der Waals surface area contributed by atoms with E-state index < -0.39 is 0 Å². The summed E-state index contributed by atoms with van der Waals surface area (Å²) in [6.45, 7) is 17.9. The van der Waals surface area contributed by atoms with Crippen LogP contribution >= 0.6 is 0 Å². The number of carbonyl (C=O) groups is 1. The van der Waals surface area contributed by atoms with Gasteiger partial charge in [0.05, 0.1) is 11.2 Å². The van der Waals surface area contributed by atoms with E-state index >= 15 is 0 Å². The Bertz CT molecular complexity index is 1210. The zero-order valence-electron chi connectivity index (χ0n) is 23.1. The Kier molecular flexibility index (Phi) is 15.3. The molecule has 35 heavy (non-hydrogen) atoms. The van der Waals surface area contributed by atoms with Crippen molar-refractivity contribution in [2.24, 2.45) is 7.05 Å². The molecule has 4 nitrogen and oxygen atoms in total. The fourth-order valence-corrected chi connectivity index (χ4v) is 3.44. The molecule has 4 heteroatoms. The Balaban J connectivity index is 0.00000132. The second-order valence-corrected chi connectivity index (χ2v) is 6.55. The lowest BCUT2D eigenvalue weighted by Crippen LogP contribution is -2.22. The molecule has 0 atom stereocenters. The highest BCUT2D eigenvalue weighted by Crippen LogP contribution is 2.29. The minimum absolute atomic E-state index is 0.0477. The summed E-state index contributed by atoms with van der Waals surface area (Å²) in [4.78, 5) is 29.6. The maximum Gasteiger partial charge on any atom is 0.348 e. The lowest BCUT2D eigenvalue weighted by Gasteiger charge is -2.13. The summed E-state index contributed by atoms with van der Waals surface area (Å²) >= 11 is 0. The van der Waals surface area contributed by atoms with Gasteiger partial charge in [0.25, 0.3) is 0 Å². The number of fused-ring (bicyclic) bond motifs is 1. The standard InChI is InChI=1S/C23H18N2O2.4C2H6/c1-15-13-18(22(26)17-11-7-4-8-12-17)14-19-20(16-9-5-3-6-10-16)24-23(27)25(2)21(15)19;4*1-2/h3-14H,1-2H3;4*1-2H3. The van der Waals surface area contributed by atoms with Crippen LogP contribution in [0.15, 0.2) is 77.6 Å². The van der Waals surface area contributed by atoms with E-state index in [2.05, 4.69) is 4.98 Å². The van der Waals surface area contributed by atoms with E-state index in [1.54, 1.807) is 19.2 Å². The first kappa shape index (κ1) is 31.5. The number of carbonyl (C=O) groups excluding carboxylic acids is 1. The second-order valence-electron chi connectivity index (χ2n) is 6.55. The molecule has 0 bridgehead atoms. The number of benzene rings is 3. The third-order valence-corrected chi connectivity index (χ3v) is 4.73. The Morgan fingerprint density at radius 3 is 1.71 bits per heavy atom. The van der Waals surface area contributed by atoms with E-state index in [4.69, 9.17) is 0 Å². The molecule has 0 saturated heterocycles. The molecule has 188 valence electrons. The molecule has 0 radical (unpaired) electrons. The molecule has 0 unspecified atom stereocenters. The summed E-state index contributed by atoms with van der Waals surface area (Å²) in [5.74, 6) is -0.0477. The highest BCUT2D eigenvalue weighted by atomic mass is 16.1. The molecule has 0 saturated carbocycles. The van der Waals surface area contributed by atoms with Gasteiger partial charge in [-0.3, -0.25) is 9.36 Å². The predicted molar refractivity (Wildman–Crippen MR) is 152 cm³/mol. The quantitative estimate of drug-likeness (QED) is 0.281. The minimum atomic E-state index is -0.313. The summed E-state index contributed by atoms with van der Waals surface area (Å²) in [5.41, 5.74) is 4.01. The van der Waals surface area contributed by atoms with E-state index in [0.717, 1.165) is 22.0 Å². The summed E-state index contributed by atoms with van der Waals surface area (Å²) in [5, 5.41) is 0.794. The zero-order chi connectivity index (χ0) is 27.0. The molecular formula is C31H42N2O2. The Labute approximate surface area is 211 Å². The molecule has 1 heterocycles. The number of rotatable bonds is 3. The molecule has 4 aromatic rings. The summed E-state index contributed by atoms with van der Waals surface area (Å²) < 4.78 is 1.54. The van der Waals surface area contributed by atoms with E-state index in [1.165, 1.54) is 4.57 Å². The first-order valence-electron chi connectivity index (χ1n) is 12.7. The van der Waals surface area contributed by atoms with Gasteiger partial charge in [-0.05, 0) is 24.6 Å². The van der Waals surface area contributed by atoms with Crippen molar-refractivity contribution in [3.63, 3.8) is 0 Å². The molecule has 0 N–H and O–H groups in total. The van der Waals surface area contributed by atoms with Crippen LogP contribution in [0.25, 0.3) is 22.2 Å². The number of aromatic nitrogens is 2. The molecule has 0 aliphatic heterocycles. The van der Waals surface area contributed by atoms with Crippen molar-refractivity contribution in [3.8, 4) is 11.3 Å². The van der Waals surface area contributed by atoms with Crippen molar-refractivity contribution < 1.29 is 4.79 Å². The Morgan fingerprint density at radius 2 is 1.20 bits per heavy atom. The highest BCUT2D eigenvalue weighted by Gasteiger charge is 2.16. The van der Waals surface area contributed by atoms with Crippen LogP contribution in [0.4, 0.5) is 0 Å². The lowest BCUT2D eigenvalue weighted by molar-refractivity contribution is 0.103. The van der Waals surface area contributed by atoms with E-state index in [9.17, 15) is 9.59 Å². The molecule has 4 rings (SSSR count). The smallest absolute Gasteiger partial charge is 0.295 e. The molecular weight excluding hydrogens is 432 g/mol. The predicted octanol–water partition coefficient (Wildman–Crippen LogP) is 8.24. The molecule has 0 fully saturated rings.